The Morgan fingerprint density at radius 1 is 0.962 bits per heavy atom. The van der Waals surface area contributed by atoms with E-state index in [2.05, 4.69) is 5.10 Å². The Morgan fingerprint density at radius 3 is 2.15 bits per heavy atom. The summed E-state index contributed by atoms with van der Waals surface area (Å²) in [5.41, 5.74) is 1.73. The largest absolute Gasteiger partial charge is 0.314 e. The van der Waals surface area contributed by atoms with Crippen molar-refractivity contribution < 1.29 is 4.79 Å². The van der Waals surface area contributed by atoms with E-state index in [1.54, 1.807) is 61.6 Å². The molecule has 0 aliphatic heterocycles. The Morgan fingerprint density at radius 2 is 1.54 bits per heavy atom. The Hall–Kier alpha value is -2.63. The zero-order valence-corrected chi connectivity index (χ0v) is 15.4. The minimum absolute atomic E-state index is 0.167. The maximum Gasteiger partial charge on any atom is 0.267 e. The van der Waals surface area contributed by atoms with Crippen LogP contribution in [-0.4, -0.2) is 22.7 Å². The first-order valence-corrected chi connectivity index (χ1v) is 8.56. The van der Waals surface area contributed by atoms with Gasteiger partial charge in [-0.05, 0) is 42.5 Å². The summed E-state index contributed by atoms with van der Waals surface area (Å²) >= 11 is 11.8. The van der Waals surface area contributed by atoms with Crippen molar-refractivity contribution in [1.29, 1.82) is 0 Å². The van der Waals surface area contributed by atoms with Crippen molar-refractivity contribution in [3.63, 3.8) is 0 Å². The van der Waals surface area contributed by atoms with Gasteiger partial charge in [-0.15, -0.1) is 0 Å². The van der Waals surface area contributed by atoms with Gasteiger partial charge in [-0.2, -0.15) is 5.10 Å². The third kappa shape index (κ3) is 4.12. The van der Waals surface area contributed by atoms with E-state index in [-0.39, 0.29) is 18.0 Å². The Kier molecular flexibility index (Phi) is 5.40. The van der Waals surface area contributed by atoms with Gasteiger partial charge in [0, 0.05) is 34.4 Å². The number of halogens is 2. The van der Waals surface area contributed by atoms with Gasteiger partial charge in [0.25, 0.3) is 5.56 Å². The lowest BCUT2D eigenvalue weighted by atomic mass is 10.1. The van der Waals surface area contributed by atoms with Crippen molar-refractivity contribution in [1.82, 2.24) is 9.78 Å². The minimum Gasteiger partial charge on any atom is -0.314 e. The fraction of sp³-hybridized carbons (Fsp3) is 0.105. The molecule has 0 unspecified atom stereocenters. The molecule has 0 atom stereocenters. The van der Waals surface area contributed by atoms with E-state index >= 15 is 0 Å². The summed E-state index contributed by atoms with van der Waals surface area (Å²) in [5.74, 6) is -0.268. The molecular weight excluding hydrogens is 373 g/mol. The van der Waals surface area contributed by atoms with Crippen LogP contribution in [0.2, 0.25) is 10.0 Å². The first-order chi connectivity index (χ1) is 12.4. The molecule has 26 heavy (non-hydrogen) atoms. The lowest BCUT2D eigenvalue weighted by Crippen LogP contribution is -2.34. The van der Waals surface area contributed by atoms with Gasteiger partial charge < -0.3 is 4.90 Å². The van der Waals surface area contributed by atoms with Gasteiger partial charge >= 0.3 is 0 Å². The second-order valence-electron chi connectivity index (χ2n) is 5.65. The van der Waals surface area contributed by atoms with Crippen LogP contribution in [0.3, 0.4) is 0 Å². The fourth-order valence-corrected chi connectivity index (χ4v) is 2.63. The predicted octanol–water partition coefficient (Wildman–Crippen LogP) is 3.88. The number of carbonyl (C=O) groups excluding carboxylic acids is 1. The maximum atomic E-state index is 12.5. The van der Waals surface area contributed by atoms with Crippen molar-refractivity contribution in [2.75, 3.05) is 11.9 Å². The number of anilines is 1. The molecule has 1 amide bonds. The van der Waals surface area contributed by atoms with Crippen molar-refractivity contribution >= 4 is 34.8 Å². The third-order valence-electron chi connectivity index (χ3n) is 3.88. The highest BCUT2D eigenvalue weighted by Gasteiger charge is 2.14. The second-order valence-corrected chi connectivity index (χ2v) is 6.52. The van der Waals surface area contributed by atoms with E-state index in [0.717, 1.165) is 10.2 Å². The first-order valence-electron chi connectivity index (χ1n) is 7.80. The van der Waals surface area contributed by atoms with Gasteiger partial charge in [0.2, 0.25) is 5.91 Å². The topological polar surface area (TPSA) is 55.2 Å². The van der Waals surface area contributed by atoms with Crippen LogP contribution in [0.4, 0.5) is 5.69 Å². The van der Waals surface area contributed by atoms with Crippen LogP contribution in [0.1, 0.15) is 0 Å². The molecule has 0 N–H and O–H groups in total. The molecular formula is C19H15Cl2N3O2. The quantitative estimate of drug-likeness (QED) is 0.682. The smallest absolute Gasteiger partial charge is 0.267 e. The molecule has 2 aromatic carbocycles. The summed E-state index contributed by atoms with van der Waals surface area (Å²) in [6.45, 7) is -0.167. The lowest BCUT2D eigenvalue weighted by molar-refractivity contribution is -0.119. The zero-order valence-electron chi connectivity index (χ0n) is 13.9. The molecule has 132 valence electrons. The van der Waals surface area contributed by atoms with Crippen molar-refractivity contribution in [3.8, 4) is 11.3 Å². The number of hydrogen-bond donors (Lipinski definition) is 0. The molecule has 0 bridgehead atoms. The molecule has 0 spiro atoms. The first kappa shape index (κ1) is 18.2. The molecule has 5 nitrogen and oxygen atoms in total. The lowest BCUT2D eigenvalue weighted by Gasteiger charge is -2.18. The third-order valence-corrected chi connectivity index (χ3v) is 4.38. The SMILES string of the molecule is CN(C(=O)Cn1nc(-c2ccc(Cl)cc2)ccc1=O)c1ccc(Cl)cc1. The summed E-state index contributed by atoms with van der Waals surface area (Å²) in [7, 11) is 1.64. The van der Waals surface area contributed by atoms with Crippen molar-refractivity contribution in [3.05, 3.63) is 81.1 Å². The standard InChI is InChI=1S/C19H15Cl2N3O2/c1-23(16-8-6-15(21)7-9-16)19(26)12-24-18(25)11-10-17(22-24)13-2-4-14(20)5-3-13/h2-11H,12H2,1H3. The van der Waals surface area contributed by atoms with Gasteiger partial charge in [-0.1, -0.05) is 35.3 Å². The molecule has 3 aromatic rings. The molecule has 1 heterocycles. The molecule has 3 rings (SSSR count). The Balaban J connectivity index is 1.83. The minimum atomic E-state index is -0.347. The van der Waals surface area contributed by atoms with Crippen molar-refractivity contribution in [2.45, 2.75) is 6.54 Å². The van der Waals surface area contributed by atoms with Gasteiger partial charge in [-0.25, -0.2) is 4.68 Å². The highest BCUT2D eigenvalue weighted by Crippen LogP contribution is 2.19. The summed E-state index contributed by atoms with van der Waals surface area (Å²) in [6, 6.07) is 17.0. The normalized spacial score (nSPS) is 10.6. The van der Waals surface area contributed by atoms with Crippen LogP contribution in [0.5, 0.6) is 0 Å². The van der Waals surface area contributed by atoms with Gasteiger partial charge in [0.15, 0.2) is 0 Å². The second kappa shape index (κ2) is 7.72. The zero-order chi connectivity index (χ0) is 18.7. The summed E-state index contributed by atoms with van der Waals surface area (Å²) in [4.78, 5) is 26.1. The fourth-order valence-electron chi connectivity index (χ4n) is 2.38. The number of likely N-dealkylation sites (N-methyl/N-ethyl adjacent to an activating group) is 1. The average Bonchev–Trinajstić information content (AvgIpc) is 2.64. The molecule has 0 saturated heterocycles. The van der Waals surface area contributed by atoms with Crippen molar-refractivity contribution in [2.24, 2.45) is 0 Å². The number of amides is 1. The molecule has 0 aliphatic carbocycles. The van der Waals surface area contributed by atoms with Gasteiger partial charge in [0.05, 0.1) is 5.69 Å². The van der Waals surface area contributed by atoms with E-state index in [1.165, 1.54) is 11.0 Å². The molecule has 0 fully saturated rings. The van der Waals surface area contributed by atoms with E-state index in [4.69, 9.17) is 23.2 Å². The van der Waals surface area contributed by atoms with Gasteiger partial charge in [0.1, 0.15) is 6.54 Å². The number of benzene rings is 2. The average molecular weight is 388 g/mol. The molecule has 7 heteroatoms. The van der Waals surface area contributed by atoms with Crippen LogP contribution < -0.4 is 10.5 Å². The van der Waals surface area contributed by atoms with E-state index < -0.39 is 0 Å². The van der Waals surface area contributed by atoms with E-state index in [1.807, 2.05) is 0 Å². The molecule has 0 saturated carbocycles. The summed E-state index contributed by atoms with van der Waals surface area (Å²) < 4.78 is 1.15. The molecule has 0 radical (unpaired) electrons. The van der Waals surface area contributed by atoms with Crippen LogP contribution in [0.25, 0.3) is 11.3 Å². The van der Waals surface area contributed by atoms with E-state index in [9.17, 15) is 9.59 Å². The monoisotopic (exact) mass is 387 g/mol. The number of aromatic nitrogens is 2. The maximum absolute atomic E-state index is 12.5. The molecule has 0 aliphatic rings. The Bertz CT molecular complexity index is 983. The van der Waals surface area contributed by atoms with E-state index in [0.29, 0.717) is 21.4 Å². The summed E-state index contributed by atoms with van der Waals surface area (Å²) in [6.07, 6.45) is 0. The number of rotatable bonds is 4. The number of hydrogen-bond acceptors (Lipinski definition) is 3. The Labute approximate surface area is 160 Å². The van der Waals surface area contributed by atoms with Crippen LogP contribution in [0, 0.1) is 0 Å². The van der Waals surface area contributed by atoms with Crippen LogP contribution in [-0.2, 0) is 11.3 Å². The number of carbonyl (C=O) groups is 1. The van der Waals surface area contributed by atoms with Crippen LogP contribution in [0.15, 0.2) is 65.5 Å². The molecule has 1 aromatic heterocycles. The predicted molar refractivity (Wildman–Crippen MR) is 104 cm³/mol. The summed E-state index contributed by atoms with van der Waals surface area (Å²) in [5, 5.41) is 5.49. The highest BCUT2D eigenvalue weighted by atomic mass is 35.5. The van der Waals surface area contributed by atoms with Gasteiger partial charge in [-0.3, -0.25) is 9.59 Å². The number of nitrogens with zero attached hydrogens (tertiary/aromatic N) is 3. The van der Waals surface area contributed by atoms with Crippen LogP contribution >= 0.6 is 23.2 Å². The highest BCUT2D eigenvalue weighted by molar-refractivity contribution is 6.30.